The molecule has 4 rings (SSSR count). The second-order valence-corrected chi connectivity index (χ2v) is 9.70. The topological polar surface area (TPSA) is 88.1 Å². The third kappa shape index (κ3) is 5.20. The Hall–Kier alpha value is -2.55. The quantitative estimate of drug-likeness (QED) is 0.698. The number of rotatable bonds is 6. The smallest absolute Gasteiger partial charge is 0.243 e. The molecule has 1 aliphatic heterocycles. The third-order valence-electron chi connectivity index (χ3n) is 5.68. The van der Waals surface area contributed by atoms with E-state index in [9.17, 15) is 13.2 Å². The molecule has 1 amide bonds. The molecule has 0 radical (unpaired) electrons. The summed E-state index contributed by atoms with van der Waals surface area (Å²) in [7, 11) is -3.50. The van der Waals surface area contributed by atoms with Gasteiger partial charge in [-0.15, -0.1) is 0 Å². The van der Waals surface area contributed by atoms with Gasteiger partial charge in [-0.25, -0.2) is 13.8 Å². The van der Waals surface area contributed by atoms with Gasteiger partial charge in [0.15, 0.2) is 0 Å². The Morgan fingerprint density at radius 2 is 1.77 bits per heavy atom. The number of fused-ring (bicyclic) bond motifs is 1. The number of sulfonamides is 1. The maximum Gasteiger partial charge on any atom is 0.243 e. The van der Waals surface area contributed by atoms with Crippen LogP contribution in [0, 0.1) is 0 Å². The number of carbonyl (C=O) groups is 1. The summed E-state index contributed by atoms with van der Waals surface area (Å²) < 4.78 is 32.0. The molecule has 1 N–H and O–H groups in total. The minimum absolute atomic E-state index is 0.152. The highest BCUT2D eigenvalue weighted by atomic mass is 32.2. The van der Waals surface area contributed by atoms with Crippen LogP contribution in [-0.4, -0.2) is 50.6 Å². The number of benzene rings is 2. The Balaban J connectivity index is 1.32. The number of amides is 1. The SMILES string of the molecule is O=C(CCc1ccc(S(=O)(=O)N2CCOCC2)cc1)N/N=C1\CCCc2ccccc21. The van der Waals surface area contributed by atoms with Crippen LogP contribution in [0.15, 0.2) is 58.5 Å². The van der Waals surface area contributed by atoms with Crippen molar-refractivity contribution in [2.24, 2.45) is 5.10 Å². The van der Waals surface area contributed by atoms with Crippen LogP contribution in [0.2, 0.25) is 0 Å². The normalized spacial score (nSPS) is 18.5. The maximum absolute atomic E-state index is 12.7. The number of carbonyl (C=O) groups excluding carboxylic acids is 1. The van der Waals surface area contributed by atoms with Crippen LogP contribution >= 0.6 is 0 Å². The Labute approximate surface area is 183 Å². The standard InChI is InChI=1S/C23H27N3O4S/c27-23(25-24-22-7-3-5-19-4-1-2-6-21(19)22)13-10-18-8-11-20(12-9-18)31(28,29)26-14-16-30-17-15-26/h1-2,4,6,8-9,11-12H,3,5,7,10,13-17H2,(H,25,27)/b24-22+. The van der Waals surface area contributed by atoms with Crippen molar-refractivity contribution >= 4 is 21.6 Å². The molecule has 0 unspecified atom stereocenters. The number of morpholine rings is 1. The monoisotopic (exact) mass is 441 g/mol. The lowest BCUT2D eigenvalue weighted by Gasteiger charge is -2.26. The number of nitrogens with zero attached hydrogens (tertiary/aromatic N) is 2. The van der Waals surface area contributed by atoms with Crippen LogP contribution in [-0.2, 0) is 32.4 Å². The lowest BCUT2D eigenvalue weighted by molar-refractivity contribution is -0.121. The van der Waals surface area contributed by atoms with Gasteiger partial charge in [0.25, 0.3) is 0 Å². The van der Waals surface area contributed by atoms with Crippen molar-refractivity contribution in [1.82, 2.24) is 9.73 Å². The second-order valence-electron chi connectivity index (χ2n) is 7.76. The molecule has 0 bridgehead atoms. The average Bonchev–Trinajstić information content (AvgIpc) is 2.82. The number of nitrogens with one attached hydrogen (secondary N) is 1. The molecule has 164 valence electrons. The largest absolute Gasteiger partial charge is 0.379 e. The van der Waals surface area contributed by atoms with Crippen molar-refractivity contribution in [3.63, 3.8) is 0 Å². The molecule has 2 aliphatic rings. The summed E-state index contributed by atoms with van der Waals surface area (Å²) in [5.41, 5.74) is 6.90. The van der Waals surface area contributed by atoms with Gasteiger partial charge in [0.05, 0.1) is 23.8 Å². The lowest BCUT2D eigenvalue weighted by atomic mass is 9.90. The van der Waals surface area contributed by atoms with Crippen LogP contribution in [0.5, 0.6) is 0 Å². The highest BCUT2D eigenvalue weighted by molar-refractivity contribution is 7.89. The molecule has 8 heteroatoms. The van der Waals surface area contributed by atoms with Crippen molar-refractivity contribution in [3.05, 3.63) is 65.2 Å². The van der Waals surface area contributed by atoms with Gasteiger partial charge in [0, 0.05) is 25.1 Å². The molecule has 0 aromatic heterocycles. The van der Waals surface area contributed by atoms with Crippen molar-refractivity contribution in [3.8, 4) is 0 Å². The first-order valence-electron chi connectivity index (χ1n) is 10.6. The molecule has 0 spiro atoms. The minimum Gasteiger partial charge on any atom is -0.379 e. The van der Waals surface area contributed by atoms with E-state index in [-0.39, 0.29) is 17.2 Å². The first kappa shape index (κ1) is 21.7. The number of hydrogen-bond donors (Lipinski definition) is 1. The molecular formula is C23H27N3O4S. The first-order valence-corrected chi connectivity index (χ1v) is 12.1. The molecule has 0 saturated carbocycles. The number of ether oxygens (including phenoxy) is 1. The summed E-state index contributed by atoms with van der Waals surface area (Å²) in [5, 5.41) is 4.36. The van der Waals surface area contributed by atoms with E-state index < -0.39 is 10.0 Å². The van der Waals surface area contributed by atoms with Gasteiger partial charge in [-0.2, -0.15) is 9.41 Å². The average molecular weight is 442 g/mol. The fraction of sp³-hybridized carbons (Fsp3) is 0.391. The van der Waals surface area contributed by atoms with Gasteiger partial charge in [-0.1, -0.05) is 36.4 Å². The minimum atomic E-state index is -3.50. The van der Waals surface area contributed by atoms with Gasteiger partial charge in [0.2, 0.25) is 15.9 Å². The predicted octanol–water partition coefficient (Wildman–Crippen LogP) is 2.50. The van der Waals surface area contributed by atoms with E-state index in [2.05, 4.69) is 16.6 Å². The summed E-state index contributed by atoms with van der Waals surface area (Å²) in [6.07, 6.45) is 3.74. The van der Waals surface area contributed by atoms with E-state index >= 15 is 0 Å². The fourth-order valence-electron chi connectivity index (χ4n) is 3.92. The Kier molecular flexibility index (Phi) is 6.80. The van der Waals surface area contributed by atoms with Gasteiger partial charge in [0.1, 0.15) is 0 Å². The Morgan fingerprint density at radius 3 is 2.55 bits per heavy atom. The molecule has 2 aromatic carbocycles. The Bertz CT molecular complexity index is 1060. The summed E-state index contributed by atoms with van der Waals surface area (Å²) in [5.74, 6) is -0.152. The summed E-state index contributed by atoms with van der Waals surface area (Å²) >= 11 is 0. The lowest BCUT2D eigenvalue weighted by Crippen LogP contribution is -2.40. The van der Waals surface area contributed by atoms with Crippen LogP contribution < -0.4 is 5.43 Å². The predicted molar refractivity (Wildman–Crippen MR) is 118 cm³/mol. The van der Waals surface area contributed by atoms with Crippen LogP contribution in [0.25, 0.3) is 0 Å². The summed E-state index contributed by atoms with van der Waals surface area (Å²) in [6, 6.07) is 14.9. The van der Waals surface area contributed by atoms with Crippen molar-refractivity contribution in [2.75, 3.05) is 26.3 Å². The molecule has 7 nitrogen and oxygen atoms in total. The van der Waals surface area contributed by atoms with E-state index in [4.69, 9.17) is 4.74 Å². The number of hydrazone groups is 1. The van der Waals surface area contributed by atoms with E-state index in [1.165, 1.54) is 9.87 Å². The van der Waals surface area contributed by atoms with E-state index in [1.807, 2.05) is 18.2 Å². The van der Waals surface area contributed by atoms with Crippen LogP contribution in [0.1, 0.15) is 36.0 Å². The van der Waals surface area contributed by atoms with Gasteiger partial charge >= 0.3 is 0 Å². The molecule has 1 aliphatic carbocycles. The van der Waals surface area contributed by atoms with Crippen molar-refractivity contribution in [2.45, 2.75) is 37.0 Å². The third-order valence-corrected chi connectivity index (χ3v) is 7.59. The zero-order chi connectivity index (χ0) is 21.7. The van der Waals surface area contributed by atoms with Gasteiger partial charge in [-0.05, 0) is 48.9 Å². The second kappa shape index (κ2) is 9.72. The highest BCUT2D eigenvalue weighted by Crippen LogP contribution is 2.21. The summed E-state index contributed by atoms with van der Waals surface area (Å²) in [4.78, 5) is 12.5. The van der Waals surface area contributed by atoms with Gasteiger partial charge in [-0.3, -0.25) is 4.79 Å². The number of hydrogen-bond acceptors (Lipinski definition) is 5. The van der Waals surface area contributed by atoms with Gasteiger partial charge < -0.3 is 4.74 Å². The molecule has 31 heavy (non-hydrogen) atoms. The van der Waals surface area contributed by atoms with E-state index in [1.54, 1.807) is 24.3 Å². The highest BCUT2D eigenvalue weighted by Gasteiger charge is 2.26. The molecule has 1 saturated heterocycles. The number of aryl methyl sites for hydroxylation is 2. The molecule has 1 fully saturated rings. The van der Waals surface area contributed by atoms with E-state index in [0.717, 1.165) is 36.1 Å². The molecular weight excluding hydrogens is 414 g/mol. The molecule has 1 heterocycles. The zero-order valence-electron chi connectivity index (χ0n) is 17.4. The first-order chi connectivity index (χ1) is 15.0. The van der Waals surface area contributed by atoms with Crippen LogP contribution in [0.4, 0.5) is 0 Å². The fourth-order valence-corrected chi connectivity index (χ4v) is 5.33. The maximum atomic E-state index is 12.7. The van der Waals surface area contributed by atoms with E-state index in [0.29, 0.717) is 32.7 Å². The molecule has 2 aromatic rings. The summed E-state index contributed by atoms with van der Waals surface area (Å²) in [6.45, 7) is 1.58. The van der Waals surface area contributed by atoms with Crippen LogP contribution in [0.3, 0.4) is 0 Å². The molecule has 0 atom stereocenters. The Morgan fingerprint density at radius 1 is 1.03 bits per heavy atom. The van der Waals surface area contributed by atoms with Crippen molar-refractivity contribution < 1.29 is 17.9 Å². The zero-order valence-corrected chi connectivity index (χ0v) is 18.2. The van der Waals surface area contributed by atoms with Crippen molar-refractivity contribution in [1.29, 1.82) is 0 Å².